The lowest BCUT2D eigenvalue weighted by Gasteiger charge is -2.35. The lowest BCUT2D eigenvalue weighted by molar-refractivity contribution is -0.125. The molecule has 142 valence electrons. The highest BCUT2D eigenvalue weighted by Gasteiger charge is 2.32. The second kappa shape index (κ2) is 11.5. The van der Waals surface area contributed by atoms with Crippen LogP contribution in [0.2, 0.25) is 0 Å². The summed E-state index contributed by atoms with van der Waals surface area (Å²) >= 11 is 4.17. The SMILES string of the molecule is CC(CS)NC(=O)CC(C)(C)CC(C)(C)CC(=O)C(C)C.O=CO. The summed E-state index contributed by atoms with van der Waals surface area (Å²) < 4.78 is 0. The Morgan fingerprint density at radius 3 is 1.88 bits per heavy atom. The van der Waals surface area contributed by atoms with Gasteiger partial charge in [-0.05, 0) is 24.2 Å². The molecule has 0 spiro atoms. The van der Waals surface area contributed by atoms with Gasteiger partial charge in [-0.2, -0.15) is 12.6 Å². The fourth-order valence-electron chi connectivity index (χ4n) is 2.90. The van der Waals surface area contributed by atoms with E-state index >= 15 is 0 Å². The van der Waals surface area contributed by atoms with E-state index in [0.717, 1.165) is 6.42 Å². The van der Waals surface area contributed by atoms with E-state index < -0.39 is 0 Å². The monoisotopic (exact) mass is 361 g/mol. The van der Waals surface area contributed by atoms with Gasteiger partial charge in [-0.3, -0.25) is 14.4 Å². The molecule has 0 bridgehead atoms. The van der Waals surface area contributed by atoms with Gasteiger partial charge in [0.2, 0.25) is 5.91 Å². The molecule has 6 heteroatoms. The van der Waals surface area contributed by atoms with Gasteiger partial charge in [0, 0.05) is 30.6 Å². The zero-order valence-electron chi connectivity index (χ0n) is 16.2. The molecule has 0 aromatic rings. The molecule has 0 radical (unpaired) electrons. The van der Waals surface area contributed by atoms with Crippen LogP contribution in [0.4, 0.5) is 0 Å². The molecular formula is C18H35NO4S. The summed E-state index contributed by atoms with van der Waals surface area (Å²) in [6.45, 7) is 14.0. The van der Waals surface area contributed by atoms with Crippen LogP contribution in [-0.4, -0.2) is 35.1 Å². The van der Waals surface area contributed by atoms with Crippen LogP contribution >= 0.6 is 12.6 Å². The van der Waals surface area contributed by atoms with Gasteiger partial charge in [-0.15, -0.1) is 0 Å². The topological polar surface area (TPSA) is 83.5 Å². The van der Waals surface area contributed by atoms with Gasteiger partial charge < -0.3 is 10.4 Å². The van der Waals surface area contributed by atoms with Gasteiger partial charge in [-0.25, -0.2) is 0 Å². The molecule has 0 aliphatic carbocycles. The van der Waals surface area contributed by atoms with Crippen molar-refractivity contribution in [1.29, 1.82) is 0 Å². The first kappa shape index (κ1) is 25.2. The van der Waals surface area contributed by atoms with Gasteiger partial charge >= 0.3 is 0 Å². The molecule has 0 rings (SSSR count). The molecule has 1 amide bonds. The molecule has 1 atom stereocenters. The normalized spacial score (nSPS) is 12.9. The van der Waals surface area contributed by atoms with E-state index in [4.69, 9.17) is 9.90 Å². The number of thiol groups is 1. The molecule has 0 saturated carbocycles. The Bertz CT molecular complexity index is 406. The van der Waals surface area contributed by atoms with Crippen molar-refractivity contribution >= 4 is 30.8 Å². The van der Waals surface area contributed by atoms with Crippen LogP contribution in [0.3, 0.4) is 0 Å². The summed E-state index contributed by atoms with van der Waals surface area (Å²) in [5, 5.41) is 9.84. The predicted molar refractivity (Wildman–Crippen MR) is 101 cm³/mol. The van der Waals surface area contributed by atoms with Gasteiger partial charge in [0.05, 0.1) is 0 Å². The van der Waals surface area contributed by atoms with Crippen molar-refractivity contribution in [2.75, 3.05) is 5.75 Å². The third-order valence-corrected chi connectivity index (χ3v) is 4.12. The Morgan fingerprint density at radius 2 is 1.50 bits per heavy atom. The van der Waals surface area contributed by atoms with Crippen LogP contribution in [-0.2, 0) is 14.4 Å². The summed E-state index contributed by atoms with van der Waals surface area (Å²) in [7, 11) is 0. The van der Waals surface area contributed by atoms with E-state index in [-0.39, 0.29) is 35.2 Å². The summed E-state index contributed by atoms with van der Waals surface area (Å²) in [5.41, 5.74) is -0.207. The largest absolute Gasteiger partial charge is 0.483 e. The molecule has 2 N–H and O–H groups in total. The molecule has 0 aliphatic heterocycles. The number of amides is 1. The Kier molecular flexibility index (Phi) is 12.1. The molecule has 0 aromatic carbocycles. The number of hydrogen-bond donors (Lipinski definition) is 3. The summed E-state index contributed by atoms with van der Waals surface area (Å²) in [6.07, 6.45) is 1.90. The maximum absolute atomic E-state index is 12.0. The Hall–Kier alpha value is -1.04. The van der Waals surface area contributed by atoms with Gasteiger partial charge in [0.15, 0.2) is 0 Å². The van der Waals surface area contributed by atoms with Crippen LogP contribution in [0, 0.1) is 16.7 Å². The minimum Gasteiger partial charge on any atom is -0.483 e. The Labute approximate surface area is 152 Å². The first-order valence-corrected chi connectivity index (χ1v) is 8.94. The number of carboxylic acid groups (broad SMARTS) is 1. The number of rotatable bonds is 9. The molecule has 5 nitrogen and oxygen atoms in total. The molecule has 0 heterocycles. The number of hydrogen-bond acceptors (Lipinski definition) is 4. The molecule has 1 unspecified atom stereocenters. The predicted octanol–water partition coefficient (Wildman–Crippen LogP) is 3.57. The molecular weight excluding hydrogens is 326 g/mol. The third-order valence-electron chi connectivity index (χ3n) is 3.57. The second-order valence-corrected chi connectivity index (χ2v) is 8.60. The molecule has 0 saturated heterocycles. The van der Waals surface area contributed by atoms with E-state index in [1.165, 1.54) is 0 Å². The standard InChI is InChI=1S/C17H33NO2S.CH2O2/c1-12(2)14(19)8-16(4,5)11-17(6,7)9-15(20)18-13(3)10-21;2-1-3/h12-13,21H,8-11H2,1-7H3,(H,18,20);1H,(H,2,3). The van der Waals surface area contributed by atoms with Crippen LogP contribution in [0.25, 0.3) is 0 Å². The number of nitrogens with one attached hydrogen (secondary N) is 1. The quantitative estimate of drug-likeness (QED) is 0.433. The molecule has 24 heavy (non-hydrogen) atoms. The second-order valence-electron chi connectivity index (χ2n) is 8.24. The molecule has 0 aliphatic rings. The van der Waals surface area contributed by atoms with Crippen molar-refractivity contribution in [3.8, 4) is 0 Å². The minimum atomic E-state index is -0.250. The average molecular weight is 362 g/mol. The van der Waals surface area contributed by atoms with Crippen molar-refractivity contribution in [2.45, 2.75) is 73.8 Å². The van der Waals surface area contributed by atoms with Crippen molar-refractivity contribution < 1.29 is 19.5 Å². The first-order valence-electron chi connectivity index (χ1n) is 8.31. The van der Waals surface area contributed by atoms with Crippen LogP contribution in [0.5, 0.6) is 0 Å². The maximum atomic E-state index is 12.0. The summed E-state index contributed by atoms with van der Waals surface area (Å²) in [4.78, 5) is 32.4. The summed E-state index contributed by atoms with van der Waals surface area (Å²) in [6, 6.07) is 0.0900. The Balaban J connectivity index is 0. The van der Waals surface area contributed by atoms with Crippen molar-refractivity contribution in [3.63, 3.8) is 0 Å². The van der Waals surface area contributed by atoms with E-state index in [2.05, 4.69) is 45.6 Å². The van der Waals surface area contributed by atoms with Crippen molar-refractivity contribution in [1.82, 2.24) is 5.32 Å². The molecule has 0 fully saturated rings. The zero-order valence-corrected chi connectivity index (χ0v) is 17.1. The maximum Gasteiger partial charge on any atom is 0.290 e. The van der Waals surface area contributed by atoms with E-state index in [0.29, 0.717) is 24.4 Å². The number of carbonyl (C=O) groups excluding carboxylic acids is 2. The fourth-order valence-corrected chi connectivity index (χ4v) is 2.99. The van der Waals surface area contributed by atoms with E-state index in [1.54, 1.807) is 0 Å². The van der Waals surface area contributed by atoms with Crippen LogP contribution in [0.15, 0.2) is 0 Å². The van der Waals surface area contributed by atoms with Crippen LogP contribution in [0.1, 0.15) is 67.7 Å². The van der Waals surface area contributed by atoms with Crippen LogP contribution < -0.4 is 5.32 Å². The Morgan fingerprint density at radius 1 is 1.08 bits per heavy atom. The number of Topliss-reactive ketones (excluding diaryl/α,β-unsaturated/α-hetero) is 1. The average Bonchev–Trinajstić information content (AvgIpc) is 2.35. The smallest absolute Gasteiger partial charge is 0.290 e. The number of ketones is 1. The first-order chi connectivity index (χ1) is 10.8. The van der Waals surface area contributed by atoms with Gasteiger partial charge in [-0.1, -0.05) is 41.5 Å². The molecule has 0 aromatic heterocycles. The van der Waals surface area contributed by atoms with Gasteiger partial charge in [0.25, 0.3) is 6.47 Å². The highest BCUT2D eigenvalue weighted by Crippen LogP contribution is 2.39. The minimum absolute atomic E-state index is 0.0625. The third kappa shape index (κ3) is 13.4. The fraction of sp³-hybridized carbons (Fsp3) is 0.833. The highest BCUT2D eigenvalue weighted by molar-refractivity contribution is 7.80. The lowest BCUT2D eigenvalue weighted by Crippen LogP contribution is -2.37. The zero-order chi connectivity index (χ0) is 19.6. The highest BCUT2D eigenvalue weighted by atomic mass is 32.1. The lowest BCUT2D eigenvalue weighted by atomic mass is 9.70. The summed E-state index contributed by atoms with van der Waals surface area (Å²) in [5.74, 6) is 1.07. The number of carbonyl (C=O) groups is 3. The van der Waals surface area contributed by atoms with E-state index in [1.807, 2.05) is 20.8 Å². The van der Waals surface area contributed by atoms with Gasteiger partial charge in [0.1, 0.15) is 5.78 Å². The van der Waals surface area contributed by atoms with Crippen molar-refractivity contribution in [3.05, 3.63) is 0 Å². The van der Waals surface area contributed by atoms with Crippen molar-refractivity contribution in [2.24, 2.45) is 16.7 Å². The van der Waals surface area contributed by atoms with E-state index in [9.17, 15) is 9.59 Å².